The smallest absolute Gasteiger partial charge is 0.414 e. The van der Waals surface area contributed by atoms with Gasteiger partial charge in [0.05, 0.1) is 10.0 Å². The molecule has 2 rings (SSSR count). The van der Waals surface area contributed by atoms with Gasteiger partial charge in [-0.2, -0.15) is 0 Å². The van der Waals surface area contributed by atoms with Gasteiger partial charge in [0.1, 0.15) is 6.61 Å². The van der Waals surface area contributed by atoms with Crippen LogP contribution in [0.2, 0.25) is 10.0 Å². The fraction of sp³-hybridized carbons (Fsp3) is 0.125. The van der Waals surface area contributed by atoms with E-state index in [1.807, 2.05) is 0 Å². The van der Waals surface area contributed by atoms with Crippen LogP contribution in [-0.4, -0.2) is 19.0 Å². The van der Waals surface area contributed by atoms with Gasteiger partial charge in [0.15, 0.2) is 0 Å². The van der Waals surface area contributed by atoms with Crippen LogP contribution in [0.1, 0.15) is 15.9 Å². The molecule has 120 valence electrons. The van der Waals surface area contributed by atoms with Gasteiger partial charge in [-0.05, 0) is 24.3 Å². The van der Waals surface area contributed by atoms with E-state index in [0.29, 0.717) is 26.9 Å². The zero-order valence-electron chi connectivity index (χ0n) is 12.3. The fourth-order valence-electron chi connectivity index (χ4n) is 1.87. The number of amides is 2. The zero-order chi connectivity index (χ0) is 17.0. The van der Waals surface area contributed by atoms with Gasteiger partial charge in [-0.1, -0.05) is 41.4 Å². The third kappa shape index (κ3) is 4.15. The predicted octanol–water partition coefficient (Wildman–Crippen LogP) is 3.87. The van der Waals surface area contributed by atoms with Crippen LogP contribution in [0.3, 0.4) is 0 Å². The Morgan fingerprint density at radius 3 is 2.57 bits per heavy atom. The first-order chi connectivity index (χ1) is 10.9. The third-order valence-electron chi connectivity index (χ3n) is 3.17. The minimum absolute atomic E-state index is 0.0158. The first kappa shape index (κ1) is 17.1. The second-order valence-corrected chi connectivity index (χ2v) is 5.53. The molecule has 2 aromatic carbocycles. The van der Waals surface area contributed by atoms with Crippen LogP contribution in [0.15, 0.2) is 42.5 Å². The lowest BCUT2D eigenvalue weighted by Crippen LogP contribution is -2.27. The van der Waals surface area contributed by atoms with Gasteiger partial charge >= 0.3 is 6.09 Å². The van der Waals surface area contributed by atoms with Gasteiger partial charge in [0.25, 0.3) is 0 Å². The van der Waals surface area contributed by atoms with E-state index in [-0.39, 0.29) is 6.61 Å². The number of nitrogens with zero attached hydrogens (tertiary/aromatic N) is 1. The Bertz CT molecular complexity index is 750. The normalized spacial score (nSPS) is 10.2. The van der Waals surface area contributed by atoms with Crippen LogP contribution in [-0.2, 0) is 11.3 Å². The van der Waals surface area contributed by atoms with Gasteiger partial charge in [0, 0.05) is 23.9 Å². The van der Waals surface area contributed by atoms with Crippen molar-refractivity contribution in [1.29, 1.82) is 0 Å². The number of halogens is 2. The van der Waals surface area contributed by atoms with E-state index in [2.05, 4.69) is 0 Å². The SMILES string of the molecule is CN(C(=O)OCc1cccc(Cl)c1Cl)c1cccc(C(N)=O)c1. The maximum Gasteiger partial charge on any atom is 0.414 e. The molecule has 7 heteroatoms. The van der Waals surface area contributed by atoms with Crippen molar-refractivity contribution in [3.8, 4) is 0 Å². The van der Waals surface area contributed by atoms with Crippen LogP contribution >= 0.6 is 23.2 Å². The Labute approximate surface area is 143 Å². The number of rotatable bonds is 4. The maximum absolute atomic E-state index is 12.1. The molecule has 0 aliphatic heterocycles. The Balaban J connectivity index is 2.07. The quantitative estimate of drug-likeness (QED) is 0.907. The fourth-order valence-corrected chi connectivity index (χ4v) is 2.24. The number of carbonyl (C=O) groups excluding carboxylic acids is 2. The highest BCUT2D eigenvalue weighted by Gasteiger charge is 2.15. The van der Waals surface area contributed by atoms with E-state index in [4.69, 9.17) is 33.7 Å². The summed E-state index contributed by atoms with van der Waals surface area (Å²) in [5.74, 6) is -0.570. The van der Waals surface area contributed by atoms with E-state index in [9.17, 15) is 9.59 Å². The van der Waals surface area contributed by atoms with E-state index in [0.717, 1.165) is 0 Å². The lowest BCUT2D eigenvalue weighted by molar-refractivity contribution is 0.1000. The molecular formula is C16H14Cl2N2O3. The zero-order valence-corrected chi connectivity index (χ0v) is 13.8. The number of benzene rings is 2. The third-order valence-corrected chi connectivity index (χ3v) is 4.03. The van der Waals surface area contributed by atoms with Crippen LogP contribution in [0.25, 0.3) is 0 Å². The van der Waals surface area contributed by atoms with Crippen LogP contribution < -0.4 is 10.6 Å². The topological polar surface area (TPSA) is 72.6 Å². The van der Waals surface area contributed by atoms with E-state index in [1.165, 1.54) is 18.0 Å². The highest BCUT2D eigenvalue weighted by Crippen LogP contribution is 2.26. The largest absolute Gasteiger partial charge is 0.444 e. The van der Waals surface area contributed by atoms with Crippen molar-refractivity contribution >= 4 is 40.9 Å². The minimum atomic E-state index is -0.595. The summed E-state index contributed by atoms with van der Waals surface area (Å²) in [6.07, 6.45) is -0.595. The number of hydrogen-bond acceptors (Lipinski definition) is 3. The van der Waals surface area contributed by atoms with Crippen molar-refractivity contribution in [1.82, 2.24) is 0 Å². The molecule has 0 bridgehead atoms. The monoisotopic (exact) mass is 352 g/mol. The van der Waals surface area contributed by atoms with Gasteiger partial charge in [-0.15, -0.1) is 0 Å². The molecule has 0 saturated heterocycles. The summed E-state index contributed by atoms with van der Waals surface area (Å²) in [7, 11) is 1.53. The summed E-state index contributed by atoms with van der Waals surface area (Å²) >= 11 is 11.9. The number of carbonyl (C=O) groups is 2. The number of primary amides is 1. The maximum atomic E-state index is 12.1. The summed E-state index contributed by atoms with van der Waals surface area (Å²) in [5, 5.41) is 0.739. The molecule has 0 spiro atoms. The standard InChI is InChI=1S/C16H14Cl2N2O3/c1-20(12-6-2-4-10(8-12)15(19)21)16(22)23-9-11-5-3-7-13(17)14(11)18/h2-8H,9H2,1H3,(H2,19,21). The first-order valence-electron chi connectivity index (χ1n) is 6.63. The molecule has 0 aliphatic rings. The summed E-state index contributed by atoms with van der Waals surface area (Å²) in [6, 6.07) is 11.5. The molecule has 2 N–H and O–H groups in total. The molecule has 0 heterocycles. The van der Waals surface area contributed by atoms with Crippen molar-refractivity contribution in [2.45, 2.75) is 6.61 Å². The minimum Gasteiger partial charge on any atom is -0.444 e. The Morgan fingerprint density at radius 2 is 1.87 bits per heavy atom. The molecule has 5 nitrogen and oxygen atoms in total. The van der Waals surface area contributed by atoms with Gasteiger partial charge in [-0.25, -0.2) is 4.79 Å². The van der Waals surface area contributed by atoms with Gasteiger partial charge in [0.2, 0.25) is 5.91 Å². The molecule has 0 unspecified atom stereocenters. The number of nitrogens with two attached hydrogens (primary N) is 1. The lowest BCUT2D eigenvalue weighted by atomic mass is 10.2. The predicted molar refractivity (Wildman–Crippen MR) is 90.0 cm³/mol. The molecule has 0 aliphatic carbocycles. The van der Waals surface area contributed by atoms with E-state index in [1.54, 1.807) is 36.4 Å². The number of ether oxygens (including phenoxy) is 1. The van der Waals surface area contributed by atoms with Crippen molar-refractivity contribution in [2.24, 2.45) is 5.73 Å². The molecule has 0 fully saturated rings. The highest BCUT2D eigenvalue weighted by atomic mass is 35.5. The van der Waals surface area contributed by atoms with Crippen LogP contribution in [0.4, 0.5) is 10.5 Å². The average molecular weight is 353 g/mol. The Morgan fingerprint density at radius 1 is 1.17 bits per heavy atom. The second-order valence-electron chi connectivity index (χ2n) is 4.74. The van der Waals surface area contributed by atoms with Crippen molar-refractivity contribution < 1.29 is 14.3 Å². The lowest BCUT2D eigenvalue weighted by Gasteiger charge is -2.18. The molecular weight excluding hydrogens is 339 g/mol. The molecule has 0 radical (unpaired) electrons. The van der Waals surface area contributed by atoms with Crippen LogP contribution in [0, 0.1) is 0 Å². The number of hydrogen-bond donors (Lipinski definition) is 1. The molecule has 0 atom stereocenters. The van der Waals surface area contributed by atoms with E-state index >= 15 is 0 Å². The second kappa shape index (κ2) is 7.35. The van der Waals surface area contributed by atoms with Crippen molar-refractivity contribution in [3.63, 3.8) is 0 Å². The van der Waals surface area contributed by atoms with Crippen molar-refractivity contribution in [3.05, 3.63) is 63.6 Å². The van der Waals surface area contributed by atoms with E-state index < -0.39 is 12.0 Å². The van der Waals surface area contributed by atoms with Crippen molar-refractivity contribution in [2.75, 3.05) is 11.9 Å². The molecule has 2 aromatic rings. The molecule has 0 aromatic heterocycles. The summed E-state index contributed by atoms with van der Waals surface area (Å²) in [4.78, 5) is 24.6. The van der Waals surface area contributed by atoms with Gasteiger partial charge < -0.3 is 10.5 Å². The Hall–Kier alpha value is -2.24. The molecule has 23 heavy (non-hydrogen) atoms. The average Bonchev–Trinajstić information content (AvgIpc) is 2.55. The molecule has 2 amide bonds. The first-order valence-corrected chi connectivity index (χ1v) is 7.39. The summed E-state index contributed by atoms with van der Waals surface area (Å²) in [6.45, 7) is -0.0158. The van der Waals surface area contributed by atoms with Gasteiger partial charge in [-0.3, -0.25) is 9.69 Å². The summed E-state index contributed by atoms with van der Waals surface area (Å²) < 4.78 is 5.21. The molecule has 0 saturated carbocycles. The number of anilines is 1. The van der Waals surface area contributed by atoms with Crippen LogP contribution in [0.5, 0.6) is 0 Å². The Kier molecular flexibility index (Phi) is 5.47. The summed E-state index contributed by atoms with van der Waals surface area (Å²) in [5.41, 5.74) is 6.62. The highest BCUT2D eigenvalue weighted by molar-refractivity contribution is 6.42.